The molecule has 0 bridgehead atoms. The first-order valence-corrected chi connectivity index (χ1v) is 28.2. The van der Waals surface area contributed by atoms with E-state index in [0.29, 0.717) is 5.69 Å². The predicted octanol–water partition coefficient (Wildman–Crippen LogP) is 19.4. The Balaban J connectivity index is 0.000000295. The largest absolute Gasteiger partial charge is 0.512 e. The number of aliphatic hydroxyl groups is 2. The van der Waals surface area contributed by atoms with Gasteiger partial charge in [0.2, 0.25) is 0 Å². The summed E-state index contributed by atoms with van der Waals surface area (Å²) < 4.78 is 13.2. The number of allylic oxidation sites excluding steroid dienone is 4. The summed E-state index contributed by atoms with van der Waals surface area (Å²) in [6.07, 6.45) is 9.21. The number of hydrogen-bond acceptors (Lipinski definition) is 8. The zero-order chi connectivity index (χ0) is 62.3. The summed E-state index contributed by atoms with van der Waals surface area (Å²) in [6, 6.07) is 96.8. The third-order valence-corrected chi connectivity index (χ3v) is 12.7. The molecule has 4 heterocycles. The van der Waals surface area contributed by atoms with Crippen molar-refractivity contribution in [3.05, 3.63) is 339 Å². The van der Waals surface area contributed by atoms with Crippen LogP contribution in [-0.2, 0) is 90.0 Å². The summed E-state index contributed by atoms with van der Waals surface area (Å²) in [5.41, 5.74) is 18.0. The van der Waals surface area contributed by atoms with E-state index in [1.54, 1.807) is 18.6 Å². The van der Waals surface area contributed by atoms with Crippen LogP contribution in [0.1, 0.15) is 33.3 Å². The van der Waals surface area contributed by atoms with E-state index < -0.39 is 0 Å². The molecule has 12 aromatic rings. The van der Waals surface area contributed by atoms with Gasteiger partial charge in [-0.3, -0.25) is 9.59 Å². The maximum absolute atomic E-state index is 13.2. The first-order chi connectivity index (χ1) is 42.8. The van der Waals surface area contributed by atoms with Gasteiger partial charge in [-0.05, 0) is 98.9 Å². The van der Waals surface area contributed by atoms with Crippen molar-refractivity contribution in [2.75, 3.05) is 0 Å². The van der Waals surface area contributed by atoms with Crippen LogP contribution in [0.25, 0.3) is 89.5 Å². The van der Waals surface area contributed by atoms with Crippen molar-refractivity contribution in [1.29, 1.82) is 0 Å². The molecular formula is C79H65FIr4N4O4-4. The van der Waals surface area contributed by atoms with E-state index >= 15 is 0 Å². The number of benzene rings is 8. The fourth-order valence-corrected chi connectivity index (χ4v) is 8.60. The standard InChI is InChI=1S/C18H14N.C17H11FN.2C17H12N.2C5H8O2.4Ir/c1-14-6-2-3-7-17(14)15-9-11-16(12-10-15)18-8-4-5-13-19-18;18-16-9-10-19-17(12-16)15-8-4-7-14(11-15)13-5-2-1-3-6-13;1-2-7-14(8-3-1)15-9-6-10-16(13-15)17-11-4-5-12-18-17;1-2-6-14(7-3-1)15-9-11-16(12-10-15)17-8-4-5-13-18-17;2*1-4(6)3-5(2)7;;;;/h2-11,13H,1H3;1-7,9-12H;1-9,11-13H;1-11,13H;2*3,6H,1-2H3;;;;/q4*-1;;;;;;. The fraction of sp³-hybridized carbons (Fsp3) is 0.0633. The number of rotatable bonds is 10. The third kappa shape index (κ3) is 26.6. The number of aromatic nitrogens is 4. The minimum absolute atomic E-state index is 0. The molecule has 0 aliphatic rings. The maximum atomic E-state index is 13.2. The molecule has 2 N–H and O–H groups in total. The van der Waals surface area contributed by atoms with E-state index in [-0.39, 0.29) is 109 Å². The summed E-state index contributed by atoms with van der Waals surface area (Å²) in [5.74, 6) is -0.413. The van der Waals surface area contributed by atoms with Gasteiger partial charge in [-0.2, -0.15) is 0 Å². The van der Waals surface area contributed by atoms with Gasteiger partial charge in [0.05, 0.1) is 11.5 Å². The predicted molar refractivity (Wildman–Crippen MR) is 355 cm³/mol. The number of carbonyl (C=O) groups is 2. The fourth-order valence-electron chi connectivity index (χ4n) is 8.60. The van der Waals surface area contributed by atoms with Gasteiger partial charge in [-0.15, -0.1) is 130 Å². The van der Waals surface area contributed by atoms with Gasteiger partial charge in [-0.25, -0.2) is 4.39 Å². The Bertz CT molecular complexity index is 3990. The van der Waals surface area contributed by atoms with Crippen LogP contribution in [0.5, 0.6) is 0 Å². The average molecular weight is 1920 g/mol. The smallest absolute Gasteiger partial charge is 0.155 e. The number of pyridine rings is 4. The molecule has 472 valence electrons. The molecule has 0 fully saturated rings. The monoisotopic (exact) mass is 1920 g/mol. The van der Waals surface area contributed by atoms with Crippen LogP contribution in [0.3, 0.4) is 0 Å². The second-order valence-electron chi connectivity index (χ2n) is 19.7. The molecule has 4 radical (unpaired) electrons. The molecule has 12 rings (SSSR count). The summed E-state index contributed by atoms with van der Waals surface area (Å²) >= 11 is 0. The van der Waals surface area contributed by atoms with E-state index in [1.807, 2.05) is 158 Å². The maximum Gasteiger partial charge on any atom is 0.155 e. The number of hydrogen-bond donors (Lipinski definition) is 2. The number of halogens is 1. The van der Waals surface area contributed by atoms with Crippen LogP contribution in [0.15, 0.2) is 303 Å². The number of aliphatic hydroxyl groups excluding tert-OH is 2. The van der Waals surface area contributed by atoms with Gasteiger partial charge in [0.1, 0.15) is 5.82 Å². The van der Waals surface area contributed by atoms with Gasteiger partial charge in [-0.1, -0.05) is 179 Å². The molecule has 92 heavy (non-hydrogen) atoms. The summed E-state index contributed by atoms with van der Waals surface area (Å²) in [4.78, 5) is 37.2. The first kappa shape index (κ1) is 77.6. The number of nitrogens with zero attached hydrogens (tertiary/aromatic N) is 4. The quantitative estimate of drug-likeness (QED) is 0.0788. The van der Waals surface area contributed by atoms with Crippen molar-refractivity contribution < 1.29 is 105 Å². The molecule has 0 atom stereocenters. The van der Waals surface area contributed by atoms with E-state index in [2.05, 4.69) is 136 Å². The van der Waals surface area contributed by atoms with Crippen LogP contribution in [0.2, 0.25) is 0 Å². The van der Waals surface area contributed by atoms with Crippen molar-refractivity contribution in [2.45, 2.75) is 34.6 Å². The second kappa shape index (κ2) is 42.4. The first-order valence-electron chi connectivity index (χ1n) is 28.2. The van der Waals surface area contributed by atoms with Crippen molar-refractivity contribution in [2.24, 2.45) is 0 Å². The van der Waals surface area contributed by atoms with Crippen LogP contribution in [0, 0.1) is 37.0 Å². The van der Waals surface area contributed by atoms with Crippen molar-refractivity contribution in [1.82, 2.24) is 19.9 Å². The molecule has 0 aliphatic carbocycles. The molecule has 0 spiro atoms. The van der Waals surface area contributed by atoms with Gasteiger partial charge < -0.3 is 30.1 Å². The van der Waals surface area contributed by atoms with Crippen LogP contribution < -0.4 is 0 Å². The van der Waals surface area contributed by atoms with Gasteiger partial charge >= 0.3 is 0 Å². The Morgan fingerprint density at radius 1 is 0.359 bits per heavy atom. The Kier molecular flexibility index (Phi) is 35.7. The Hall–Kier alpha value is -8.69. The Morgan fingerprint density at radius 3 is 1.09 bits per heavy atom. The molecule has 0 amide bonds. The van der Waals surface area contributed by atoms with E-state index in [1.165, 1.54) is 97.1 Å². The van der Waals surface area contributed by atoms with Gasteiger partial charge in [0.15, 0.2) is 11.6 Å². The van der Waals surface area contributed by atoms with Gasteiger partial charge in [0, 0.05) is 117 Å². The molecule has 13 heteroatoms. The number of carbonyl (C=O) groups excluding carboxylic acids is 2. The van der Waals surface area contributed by atoms with Crippen molar-refractivity contribution in [3.63, 3.8) is 0 Å². The summed E-state index contributed by atoms with van der Waals surface area (Å²) in [5, 5.41) is 16.7. The zero-order valence-electron chi connectivity index (χ0n) is 50.9. The Labute approximate surface area is 594 Å². The molecular weight excluding hydrogens is 1860 g/mol. The molecule has 8 nitrogen and oxygen atoms in total. The van der Waals surface area contributed by atoms with Crippen LogP contribution in [-0.4, -0.2) is 41.7 Å². The summed E-state index contributed by atoms with van der Waals surface area (Å²) in [6.45, 7) is 7.82. The minimum atomic E-state index is -0.288. The number of aryl methyl sites for hydroxylation is 1. The minimum Gasteiger partial charge on any atom is -0.512 e. The van der Waals surface area contributed by atoms with E-state index in [9.17, 15) is 14.0 Å². The molecule has 0 saturated heterocycles. The topological polar surface area (TPSA) is 126 Å². The second-order valence-corrected chi connectivity index (χ2v) is 19.7. The van der Waals surface area contributed by atoms with Crippen molar-refractivity contribution in [3.8, 4) is 89.5 Å². The van der Waals surface area contributed by atoms with Crippen molar-refractivity contribution >= 4 is 11.6 Å². The Morgan fingerprint density at radius 2 is 0.728 bits per heavy atom. The molecule has 0 saturated carbocycles. The summed E-state index contributed by atoms with van der Waals surface area (Å²) in [7, 11) is 0. The van der Waals surface area contributed by atoms with E-state index in [0.717, 1.165) is 50.5 Å². The van der Waals surface area contributed by atoms with Crippen LogP contribution in [0.4, 0.5) is 4.39 Å². The average Bonchev–Trinajstić information content (AvgIpc) is 1.11. The van der Waals surface area contributed by atoms with Gasteiger partial charge in [0.25, 0.3) is 0 Å². The van der Waals surface area contributed by atoms with E-state index in [4.69, 9.17) is 10.2 Å². The zero-order valence-corrected chi connectivity index (χ0v) is 60.5. The van der Waals surface area contributed by atoms with Crippen LogP contribution >= 0.6 is 0 Å². The SMILES string of the molecule is CC(=O)C=C(C)O.CC(=O)C=C(C)O.Cc1ccccc1-c1c[c-]c(-c2ccccn2)cc1.Fc1ccnc(-c2[c-]ccc(-c3ccccc3)c2)c1.[Ir].[Ir].[Ir].[Ir].[c-]1cc(-c2ccccc2)ccc1-c1ccccn1.[c-]1ccc(-c2ccccc2)cc1-c1ccccn1. The molecule has 0 aliphatic heterocycles. The normalized spacial score (nSPS) is 10.0. The molecule has 4 aromatic heterocycles. The molecule has 0 unspecified atom stereocenters. The number of ketones is 2. The molecule has 8 aromatic carbocycles. The third-order valence-electron chi connectivity index (χ3n) is 12.7.